The Kier molecular flexibility index (Phi) is 2.68. The highest BCUT2D eigenvalue weighted by atomic mass is 32.2. The lowest BCUT2D eigenvalue weighted by molar-refractivity contribution is 0.970. The molecule has 0 aliphatic heterocycles. The molecule has 4 N–H and O–H groups in total. The van der Waals surface area contributed by atoms with Crippen LogP contribution in [0.2, 0.25) is 0 Å². The van der Waals surface area contributed by atoms with E-state index in [2.05, 4.69) is 25.1 Å². The third-order valence-electron chi connectivity index (χ3n) is 1.56. The van der Waals surface area contributed by atoms with Crippen LogP contribution in [0.4, 0.5) is 5.95 Å². The number of nitrogens with one attached hydrogen (secondary N) is 2. The van der Waals surface area contributed by atoms with Crippen molar-refractivity contribution in [3.05, 3.63) is 28.4 Å². The van der Waals surface area contributed by atoms with Gasteiger partial charge in [-0.25, -0.2) is 9.97 Å². The second-order valence-corrected chi connectivity index (χ2v) is 3.67. The van der Waals surface area contributed by atoms with Crippen molar-refractivity contribution in [3.63, 3.8) is 0 Å². The van der Waals surface area contributed by atoms with Crippen molar-refractivity contribution in [3.8, 4) is 0 Å². The maximum Gasteiger partial charge on any atom is 0.252 e. The first-order chi connectivity index (χ1) is 7.24. The van der Waals surface area contributed by atoms with Gasteiger partial charge in [0.2, 0.25) is 5.95 Å². The Morgan fingerprint density at radius 1 is 1.53 bits per heavy atom. The van der Waals surface area contributed by atoms with Crippen LogP contribution in [0, 0.1) is 0 Å². The minimum atomic E-state index is -0.254. The molecule has 0 fully saturated rings. The number of nitrogens with two attached hydrogens (primary N) is 1. The molecule has 0 spiro atoms. The minimum absolute atomic E-state index is 0.121. The third kappa shape index (κ3) is 2.56. The summed E-state index contributed by atoms with van der Waals surface area (Å²) in [6.07, 6.45) is 1.42. The topological polar surface area (TPSA) is 113 Å². The second kappa shape index (κ2) is 4.13. The molecule has 0 aromatic carbocycles. The van der Waals surface area contributed by atoms with Gasteiger partial charge in [-0.2, -0.15) is 5.10 Å². The summed E-state index contributed by atoms with van der Waals surface area (Å²) < 4.78 is 0. The molecule has 8 heteroatoms. The van der Waals surface area contributed by atoms with Gasteiger partial charge >= 0.3 is 0 Å². The molecule has 0 aliphatic carbocycles. The summed E-state index contributed by atoms with van der Waals surface area (Å²) in [6, 6.07) is 1.40. The van der Waals surface area contributed by atoms with Crippen molar-refractivity contribution >= 4 is 17.7 Å². The fraction of sp³-hybridized carbons (Fsp3) is 0.143. The molecule has 0 saturated heterocycles. The number of aromatic nitrogens is 5. The van der Waals surface area contributed by atoms with E-state index in [0.717, 1.165) is 0 Å². The van der Waals surface area contributed by atoms with E-state index in [9.17, 15) is 4.79 Å². The van der Waals surface area contributed by atoms with Crippen molar-refractivity contribution in [1.82, 2.24) is 25.1 Å². The number of rotatable bonds is 3. The summed E-state index contributed by atoms with van der Waals surface area (Å²) in [6.45, 7) is 0. The molecular formula is C7H8N6OS. The van der Waals surface area contributed by atoms with Gasteiger partial charge in [-0.15, -0.1) is 0 Å². The van der Waals surface area contributed by atoms with Crippen LogP contribution in [0.15, 0.2) is 22.3 Å². The van der Waals surface area contributed by atoms with Gasteiger partial charge in [-0.1, -0.05) is 11.8 Å². The molecule has 0 bridgehead atoms. The zero-order valence-corrected chi connectivity index (χ0v) is 8.41. The molecule has 2 heterocycles. The van der Waals surface area contributed by atoms with Gasteiger partial charge in [-0.3, -0.25) is 14.9 Å². The van der Waals surface area contributed by atoms with Crippen molar-refractivity contribution in [2.75, 3.05) is 5.73 Å². The number of H-pyrrole nitrogens is 2. The average molecular weight is 224 g/mol. The average Bonchev–Trinajstić information content (AvgIpc) is 2.65. The van der Waals surface area contributed by atoms with E-state index in [-0.39, 0.29) is 11.5 Å². The highest BCUT2D eigenvalue weighted by molar-refractivity contribution is 7.98. The van der Waals surface area contributed by atoms with Crippen LogP contribution in [-0.4, -0.2) is 25.1 Å². The van der Waals surface area contributed by atoms with Crippen LogP contribution >= 0.6 is 11.8 Å². The SMILES string of the molecule is Nc1nc(CSc2ncn[nH]2)cc(=O)[nH]1. The quantitative estimate of drug-likeness (QED) is 0.620. The smallest absolute Gasteiger partial charge is 0.252 e. The summed E-state index contributed by atoms with van der Waals surface area (Å²) in [5.74, 6) is 0.638. The molecule has 78 valence electrons. The van der Waals surface area contributed by atoms with E-state index >= 15 is 0 Å². The van der Waals surface area contributed by atoms with Crippen molar-refractivity contribution in [1.29, 1.82) is 0 Å². The second-order valence-electron chi connectivity index (χ2n) is 2.70. The number of thioether (sulfide) groups is 1. The van der Waals surface area contributed by atoms with Crippen molar-refractivity contribution in [2.45, 2.75) is 10.9 Å². The number of anilines is 1. The van der Waals surface area contributed by atoms with E-state index in [1.165, 1.54) is 24.2 Å². The summed E-state index contributed by atoms with van der Waals surface area (Å²) in [4.78, 5) is 21.3. The maximum atomic E-state index is 11.1. The Bertz CT molecular complexity index is 492. The van der Waals surface area contributed by atoms with Crippen molar-refractivity contribution < 1.29 is 0 Å². The Balaban J connectivity index is 2.08. The zero-order valence-electron chi connectivity index (χ0n) is 7.60. The van der Waals surface area contributed by atoms with Crippen LogP contribution in [0.1, 0.15) is 5.69 Å². The predicted molar refractivity (Wildman–Crippen MR) is 55.2 cm³/mol. The Hall–Kier alpha value is -1.83. The van der Waals surface area contributed by atoms with Crippen molar-refractivity contribution in [2.24, 2.45) is 0 Å². The molecule has 0 atom stereocenters. The molecule has 2 rings (SSSR count). The number of hydrogen-bond donors (Lipinski definition) is 3. The van der Waals surface area contributed by atoms with E-state index in [4.69, 9.17) is 5.73 Å². The highest BCUT2D eigenvalue weighted by Crippen LogP contribution is 2.15. The van der Waals surface area contributed by atoms with Gasteiger partial charge in [0, 0.05) is 11.8 Å². The first-order valence-corrected chi connectivity index (χ1v) is 5.06. The van der Waals surface area contributed by atoms with E-state index < -0.39 is 0 Å². The molecular weight excluding hydrogens is 216 g/mol. The van der Waals surface area contributed by atoms with E-state index in [0.29, 0.717) is 16.6 Å². The molecule has 7 nitrogen and oxygen atoms in total. The highest BCUT2D eigenvalue weighted by Gasteiger charge is 2.01. The van der Waals surface area contributed by atoms with Gasteiger partial charge < -0.3 is 5.73 Å². The Morgan fingerprint density at radius 2 is 2.40 bits per heavy atom. The van der Waals surface area contributed by atoms with Crippen LogP contribution in [0.5, 0.6) is 0 Å². The Labute approximate surface area is 88.5 Å². The molecule has 0 unspecified atom stereocenters. The standard InChI is InChI=1S/C7H8N6OS/c8-6-11-4(1-5(14)12-6)2-15-7-9-3-10-13-7/h1,3H,2H2,(H,9,10,13)(H3,8,11,12,14). The van der Waals surface area contributed by atoms with Crippen LogP contribution < -0.4 is 11.3 Å². The van der Waals surface area contributed by atoms with E-state index in [1.807, 2.05) is 0 Å². The van der Waals surface area contributed by atoms with Crippen LogP contribution in [0.25, 0.3) is 0 Å². The first kappa shape index (κ1) is 9.71. The molecule has 0 saturated carbocycles. The molecule has 15 heavy (non-hydrogen) atoms. The largest absolute Gasteiger partial charge is 0.369 e. The van der Waals surface area contributed by atoms with Crippen LogP contribution in [-0.2, 0) is 5.75 Å². The molecule has 0 amide bonds. The number of hydrogen-bond acceptors (Lipinski definition) is 6. The lowest BCUT2D eigenvalue weighted by atomic mass is 10.4. The lowest BCUT2D eigenvalue weighted by Gasteiger charge is -1.98. The molecule has 0 aliphatic rings. The number of aromatic amines is 2. The van der Waals surface area contributed by atoms with Crippen LogP contribution in [0.3, 0.4) is 0 Å². The normalized spacial score (nSPS) is 10.4. The molecule has 2 aromatic heterocycles. The zero-order chi connectivity index (χ0) is 10.7. The van der Waals surface area contributed by atoms with E-state index in [1.54, 1.807) is 0 Å². The third-order valence-corrected chi connectivity index (χ3v) is 2.47. The lowest BCUT2D eigenvalue weighted by Crippen LogP contribution is -2.11. The van der Waals surface area contributed by atoms with Gasteiger partial charge in [0.25, 0.3) is 5.56 Å². The van der Waals surface area contributed by atoms with Gasteiger partial charge in [0.05, 0.1) is 5.69 Å². The number of nitrogen functional groups attached to an aromatic ring is 1. The maximum absolute atomic E-state index is 11.1. The Morgan fingerprint density at radius 3 is 3.07 bits per heavy atom. The predicted octanol–water partition coefficient (Wildman–Crippen LogP) is -0.238. The molecule has 0 radical (unpaired) electrons. The van der Waals surface area contributed by atoms with Gasteiger partial charge in [-0.05, 0) is 0 Å². The summed E-state index contributed by atoms with van der Waals surface area (Å²) in [5, 5.41) is 7.07. The van der Waals surface area contributed by atoms with Gasteiger partial charge in [0.15, 0.2) is 5.16 Å². The minimum Gasteiger partial charge on any atom is -0.369 e. The first-order valence-electron chi connectivity index (χ1n) is 4.08. The fourth-order valence-corrected chi connectivity index (χ4v) is 1.68. The van der Waals surface area contributed by atoms with Gasteiger partial charge in [0.1, 0.15) is 6.33 Å². The fourth-order valence-electron chi connectivity index (χ4n) is 1.01. The molecule has 2 aromatic rings. The summed E-state index contributed by atoms with van der Waals surface area (Å²) in [7, 11) is 0. The summed E-state index contributed by atoms with van der Waals surface area (Å²) >= 11 is 1.40. The monoisotopic (exact) mass is 224 g/mol. The summed E-state index contributed by atoms with van der Waals surface area (Å²) in [5.41, 5.74) is 5.75. The number of nitrogens with zero attached hydrogens (tertiary/aromatic N) is 3.